The van der Waals surface area contributed by atoms with Crippen LogP contribution in [0.2, 0.25) is 0 Å². The van der Waals surface area contributed by atoms with Crippen molar-refractivity contribution >= 4 is 5.91 Å². The molecule has 1 N–H and O–H groups in total. The van der Waals surface area contributed by atoms with Gasteiger partial charge in [-0.25, -0.2) is 9.67 Å². The third-order valence-corrected chi connectivity index (χ3v) is 3.91. The van der Waals surface area contributed by atoms with Gasteiger partial charge in [-0.2, -0.15) is 10.2 Å². The summed E-state index contributed by atoms with van der Waals surface area (Å²) in [5.41, 5.74) is 1.15. The molecule has 3 heterocycles. The lowest BCUT2D eigenvalue weighted by molar-refractivity contribution is 0.0896. The maximum atomic E-state index is 12.8. The van der Waals surface area contributed by atoms with Gasteiger partial charge in [-0.3, -0.25) is 9.48 Å². The van der Waals surface area contributed by atoms with Gasteiger partial charge >= 0.3 is 0 Å². The molecular formula is C18H22N6O. The summed E-state index contributed by atoms with van der Waals surface area (Å²) in [7, 11) is 1.86. The number of nitrogens with one attached hydrogen (secondary N) is 1. The number of aromatic nitrogens is 5. The van der Waals surface area contributed by atoms with E-state index in [4.69, 9.17) is 0 Å². The first-order valence-electron chi connectivity index (χ1n) is 8.11. The van der Waals surface area contributed by atoms with Gasteiger partial charge in [0.2, 0.25) is 0 Å². The van der Waals surface area contributed by atoms with Crippen molar-refractivity contribution in [3.8, 4) is 5.82 Å². The Labute approximate surface area is 146 Å². The van der Waals surface area contributed by atoms with Crippen LogP contribution < -0.4 is 5.32 Å². The molecule has 1 unspecified atom stereocenters. The van der Waals surface area contributed by atoms with Crippen molar-refractivity contribution in [2.75, 3.05) is 0 Å². The molecule has 0 aliphatic rings. The highest BCUT2D eigenvalue weighted by molar-refractivity contribution is 5.92. The Kier molecular flexibility index (Phi) is 4.39. The van der Waals surface area contributed by atoms with Crippen LogP contribution >= 0.6 is 0 Å². The van der Waals surface area contributed by atoms with Crippen LogP contribution in [0.25, 0.3) is 5.82 Å². The first kappa shape index (κ1) is 16.9. The number of nitrogens with zero attached hydrogens (tertiary/aromatic N) is 5. The fraction of sp³-hybridized carbons (Fsp3) is 0.333. The van der Waals surface area contributed by atoms with E-state index in [0.29, 0.717) is 11.5 Å². The smallest absolute Gasteiger partial charge is 0.270 e. The van der Waals surface area contributed by atoms with Gasteiger partial charge in [0.15, 0.2) is 5.82 Å². The van der Waals surface area contributed by atoms with Crippen molar-refractivity contribution in [3.63, 3.8) is 0 Å². The summed E-state index contributed by atoms with van der Waals surface area (Å²) in [6, 6.07) is 6.95. The van der Waals surface area contributed by atoms with E-state index in [2.05, 4.69) is 41.3 Å². The molecule has 1 amide bonds. The Hall–Kier alpha value is -2.96. The monoisotopic (exact) mass is 338 g/mol. The van der Waals surface area contributed by atoms with E-state index in [1.165, 1.54) is 0 Å². The fourth-order valence-corrected chi connectivity index (χ4v) is 2.68. The molecule has 3 rings (SSSR count). The minimum atomic E-state index is -0.224. The number of aryl methyl sites for hydroxylation is 1. The molecule has 0 aliphatic heterocycles. The molecule has 0 fully saturated rings. The molecule has 0 saturated carbocycles. The highest BCUT2D eigenvalue weighted by atomic mass is 16.2. The molecule has 3 aromatic rings. The number of hydrogen-bond donors (Lipinski definition) is 1. The number of rotatable bonds is 4. The summed E-state index contributed by atoms with van der Waals surface area (Å²) in [6.07, 6.45) is 7.16. The zero-order valence-electron chi connectivity index (χ0n) is 14.8. The van der Waals surface area contributed by atoms with Crippen LogP contribution in [-0.4, -0.2) is 30.5 Å². The highest BCUT2D eigenvalue weighted by Gasteiger charge is 2.29. The van der Waals surface area contributed by atoms with E-state index in [0.717, 1.165) is 5.56 Å². The predicted molar refractivity (Wildman–Crippen MR) is 94.2 cm³/mol. The molecule has 0 aliphatic carbocycles. The molecule has 25 heavy (non-hydrogen) atoms. The number of carbonyl (C=O) groups excluding carboxylic acids is 1. The van der Waals surface area contributed by atoms with Crippen LogP contribution in [-0.2, 0) is 7.05 Å². The van der Waals surface area contributed by atoms with Crippen molar-refractivity contribution in [1.29, 1.82) is 0 Å². The van der Waals surface area contributed by atoms with Crippen LogP contribution in [0.15, 0.2) is 49.1 Å². The maximum absolute atomic E-state index is 12.8. The molecule has 0 aromatic carbocycles. The second-order valence-corrected chi connectivity index (χ2v) is 7.05. The quantitative estimate of drug-likeness (QED) is 0.793. The van der Waals surface area contributed by atoms with Gasteiger partial charge in [-0.05, 0) is 23.6 Å². The molecule has 0 radical (unpaired) electrons. The van der Waals surface area contributed by atoms with Gasteiger partial charge in [0.25, 0.3) is 5.91 Å². The van der Waals surface area contributed by atoms with Crippen LogP contribution in [0, 0.1) is 5.41 Å². The van der Waals surface area contributed by atoms with Crippen molar-refractivity contribution in [2.24, 2.45) is 12.5 Å². The first-order chi connectivity index (χ1) is 11.8. The van der Waals surface area contributed by atoms with Crippen LogP contribution in [0.3, 0.4) is 0 Å². The maximum Gasteiger partial charge on any atom is 0.270 e. The molecule has 130 valence electrons. The van der Waals surface area contributed by atoms with E-state index < -0.39 is 0 Å². The van der Waals surface area contributed by atoms with Gasteiger partial charge in [0, 0.05) is 31.2 Å². The lowest BCUT2D eigenvalue weighted by Gasteiger charge is -2.30. The predicted octanol–water partition coefficient (Wildman–Crippen LogP) is 2.52. The molecule has 7 nitrogen and oxygen atoms in total. The molecule has 0 spiro atoms. The lowest BCUT2D eigenvalue weighted by Crippen LogP contribution is -2.37. The van der Waals surface area contributed by atoms with Crippen molar-refractivity contribution in [3.05, 3.63) is 60.3 Å². The van der Waals surface area contributed by atoms with Crippen molar-refractivity contribution < 1.29 is 4.79 Å². The molecule has 3 aromatic heterocycles. The van der Waals surface area contributed by atoms with Crippen LogP contribution in [0.1, 0.15) is 42.9 Å². The van der Waals surface area contributed by atoms with Crippen molar-refractivity contribution in [2.45, 2.75) is 26.8 Å². The summed E-state index contributed by atoms with van der Waals surface area (Å²) < 4.78 is 3.36. The van der Waals surface area contributed by atoms with E-state index in [-0.39, 0.29) is 17.4 Å². The second kappa shape index (κ2) is 6.51. The lowest BCUT2D eigenvalue weighted by atomic mass is 9.83. The van der Waals surface area contributed by atoms with Gasteiger partial charge in [0.1, 0.15) is 5.69 Å². The number of pyridine rings is 1. The van der Waals surface area contributed by atoms with Gasteiger partial charge < -0.3 is 5.32 Å². The average Bonchev–Trinajstić information content (AvgIpc) is 3.23. The van der Waals surface area contributed by atoms with Gasteiger partial charge in [-0.1, -0.05) is 26.8 Å². The Morgan fingerprint density at radius 3 is 2.60 bits per heavy atom. The minimum absolute atomic E-state index is 0.168. The molecule has 1 atom stereocenters. The molecular weight excluding hydrogens is 316 g/mol. The molecule has 0 saturated heterocycles. The summed E-state index contributed by atoms with van der Waals surface area (Å²) >= 11 is 0. The van der Waals surface area contributed by atoms with E-state index in [9.17, 15) is 4.79 Å². The third kappa shape index (κ3) is 3.76. The summed E-state index contributed by atoms with van der Waals surface area (Å²) in [6.45, 7) is 6.25. The Balaban J connectivity index is 1.86. The largest absolute Gasteiger partial charge is 0.343 e. The summed E-state index contributed by atoms with van der Waals surface area (Å²) in [5, 5.41) is 11.5. The fourth-order valence-electron chi connectivity index (χ4n) is 2.68. The van der Waals surface area contributed by atoms with Crippen LogP contribution in [0.4, 0.5) is 0 Å². The number of carbonyl (C=O) groups is 1. The SMILES string of the molecule is Cn1cc(C(NC(=O)c2cccc(-n3cccn3)n2)C(C)(C)C)cn1. The Bertz CT molecular complexity index is 860. The number of hydrogen-bond acceptors (Lipinski definition) is 4. The Morgan fingerprint density at radius 1 is 1.20 bits per heavy atom. The van der Waals surface area contributed by atoms with E-state index in [1.54, 1.807) is 40.1 Å². The number of amides is 1. The third-order valence-electron chi connectivity index (χ3n) is 3.91. The minimum Gasteiger partial charge on any atom is -0.343 e. The van der Waals surface area contributed by atoms with Crippen LogP contribution in [0.5, 0.6) is 0 Å². The van der Waals surface area contributed by atoms with E-state index in [1.807, 2.05) is 25.4 Å². The summed E-state index contributed by atoms with van der Waals surface area (Å²) in [4.78, 5) is 17.2. The van der Waals surface area contributed by atoms with Crippen molar-refractivity contribution in [1.82, 2.24) is 29.9 Å². The Morgan fingerprint density at radius 2 is 2.00 bits per heavy atom. The topological polar surface area (TPSA) is 77.6 Å². The second-order valence-electron chi connectivity index (χ2n) is 7.05. The zero-order chi connectivity index (χ0) is 18.0. The van der Waals surface area contributed by atoms with E-state index >= 15 is 0 Å². The summed E-state index contributed by atoms with van der Waals surface area (Å²) in [5.74, 6) is 0.379. The zero-order valence-corrected chi connectivity index (χ0v) is 14.8. The first-order valence-corrected chi connectivity index (χ1v) is 8.11. The highest BCUT2D eigenvalue weighted by Crippen LogP contribution is 2.32. The van der Waals surface area contributed by atoms with Gasteiger partial charge in [-0.15, -0.1) is 0 Å². The normalized spacial score (nSPS) is 12.8. The van der Waals surface area contributed by atoms with Gasteiger partial charge in [0.05, 0.1) is 12.2 Å². The molecule has 7 heteroatoms. The average molecular weight is 338 g/mol. The standard InChI is InChI=1S/C18H22N6O/c1-18(2,3)16(13-11-20-23(4)12-13)22-17(25)14-7-5-8-15(21-14)24-10-6-9-19-24/h5-12,16H,1-4H3,(H,22,25). The molecule has 0 bridgehead atoms.